The van der Waals surface area contributed by atoms with Crippen LogP contribution in [-0.4, -0.2) is 70.0 Å². The SMILES string of the molecule is CC(C)(C#Cc1ccc(-c2ccc(Cl)c3c(NS(C)(=O)=O)nn(CC(F)F)c23)c([C@H](Cc2cc(F)cc(F)c2)NC(=O)Cn2nc(C(F)F)c3c2C(F)(F)C2C[C@H]32)n1)S(=O)(=O)C1CC1. The van der Waals surface area contributed by atoms with Crippen molar-refractivity contribution in [1.82, 2.24) is 29.9 Å². The molecule has 3 aromatic heterocycles. The number of carbonyl (C=O) groups excluding carboxylic acids is 1. The third-order valence-corrected chi connectivity index (χ3v) is 15.1. The van der Waals surface area contributed by atoms with Gasteiger partial charge >= 0.3 is 0 Å². The smallest absolute Gasteiger partial charge is 0.293 e. The lowest BCUT2D eigenvalue weighted by Crippen LogP contribution is -2.35. The summed E-state index contributed by atoms with van der Waals surface area (Å²) in [4.78, 5) is 18.8. The van der Waals surface area contributed by atoms with Gasteiger partial charge in [-0.3, -0.25) is 18.9 Å². The number of nitrogens with zero attached hydrogens (tertiary/aromatic N) is 5. The molecule has 1 amide bonds. The number of fused-ring (bicyclic) bond motifs is 4. The number of rotatable bonds is 14. The Morgan fingerprint density at radius 2 is 1.64 bits per heavy atom. The Bertz CT molecular complexity index is 3020. The fraction of sp³-hybridized carbons (Fsp3) is 0.415. The average molecular weight is 958 g/mol. The van der Waals surface area contributed by atoms with Crippen LogP contribution in [0.25, 0.3) is 22.0 Å². The van der Waals surface area contributed by atoms with Gasteiger partial charge in [0.25, 0.3) is 18.8 Å². The molecule has 64 heavy (non-hydrogen) atoms. The molecule has 0 spiro atoms. The van der Waals surface area contributed by atoms with Gasteiger partial charge in [-0.25, -0.2) is 48.2 Å². The maximum absolute atomic E-state index is 15.5. The fourth-order valence-electron chi connectivity index (χ4n) is 8.26. The summed E-state index contributed by atoms with van der Waals surface area (Å²) in [6.45, 7) is 0.683. The van der Waals surface area contributed by atoms with Gasteiger partial charge < -0.3 is 5.32 Å². The Labute approximate surface area is 365 Å². The number of carbonyl (C=O) groups is 1. The van der Waals surface area contributed by atoms with E-state index in [1.54, 1.807) is 0 Å². The lowest BCUT2D eigenvalue weighted by Gasteiger charge is -2.23. The summed E-state index contributed by atoms with van der Waals surface area (Å²) in [5.74, 6) is -3.82. The third-order valence-electron chi connectivity index (χ3n) is 11.3. The highest BCUT2D eigenvalue weighted by Gasteiger charge is 2.67. The number of sulfone groups is 1. The minimum absolute atomic E-state index is 0.00256. The van der Waals surface area contributed by atoms with Crippen LogP contribution >= 0.6 is 11.6 Å². The lowest BCUT2D eigenvalue weighted by molar-refractivity contribution is -0.123. The molecule has 3 heterocycles. The van der Waals surface area contributed by atoms with Crippen molar-refractivity contribution in [2.45, 2.75) is 93.4 Å². The first-order valence-corrected chi connectivity index (χ1v) is 23.4. The molecule has 0 bridgehead atoms. The summed E-state index contributed by atoms with van der Waals surface area (Å²) >= 11 is 6.56. The number of benzene rings is 2. The molecule has 0 radical (unpaired) electrons. The number of hydrogen-bond acceptors (Lipinski definition) is 8. The monoisotopic (exact) mass is 957 g/mol. The third kappa shape index (κ3) is 8.53. The normalized spacial score (nSPS) is 18.5. The van der Waals surface area contributed by atoms with E-state index >= 15 is 8.78 Å². The molecular formula is C41H36ClF8N7O5S2. The van der Waals surface area contributed by atoms with Crippen LogP contribution in [0.4, 0.5) is 40.9 Å². The topological polar surface area (TPSA) is 158 Å². The van der Waals surface area contributed by atoms with Crippen LogP contribution in [-0.2, 0) is 50.1 Å². The quantitative estimate of drug-likeness (QED) is 0.0843. The zero-order valence-corrected chi connectivity index (χ0v) is 36.1. The molecule has 2 saturated carbocycles. The van der Waals surface area contributed by atoms with Crippen molar-refractivity contribution >= 4 is 54.1 Å². The van der Waals surface area contributed by atoms with E-state index in [-0.39, 0.29) is 56.0 Å². The first-order chi connectivity index (χ1) is 29.9. The van der Waals surface area contributed by atoms with Gasteiger partial charge in [0.15, 0.2) is 15.7 Å². The molecule has 12 nitrogen and oxygen atoms in total. The Morgan fingerprint density at radius 1 is 0.969 bits per heavy atom. The van der Waals surface area contributed by atoms with Crippen molar-refractivity contribution in [2.24, 2.45) is 5.92 Å². The summed E-state index contributed by atoms with van der Waals surface area (Å²) in [5.41, 5.74) is -2.62. The van der Waals surface area contributed by atoms with Crippen molar-refractivity contribution in [1.29, 1.82) is 0 Å². The number of aromatic nitrogens is 5. The van der Waals surface area contributed by atoms with E-state index in [2.05, 4.69) is 37.1 Å². The molecule has 5 aromatic rings. The minimum atomic E-state index is -4.08. The van der Waals surface area contributed by atoms with Crippen LogP contribution in [0.5, 0.6) is 0 Å². The van der Waals surface area contributed by atoms with Crippen LogP contribution in [0.2, 0.25) is 5.02 Å². The number of sulfonamides is 1. The molecule has 3 atom stereocenters. The second-order valence-electron chi connectivity index (χ2n) is 16.5. The van der Waals surface area contributed by atoms with Gasteiger partial charge in [-0.1, -0.05) is 23.6 Å². The van der Waals surface area contributed by atoms with Crippen LogP contribution in [0.15, 0.2) is 42.5 Å². The maximum Gasteiger partial charge on any atom is 0.293 e. The minimum Gasteiger partial charge on any atom is -0.346 e. The molecule has 2 N–H and O–H groups in total. The Morgan fingerprint density at radius 3 is 2.27 bits per heavy atom. The molecule has 3 aliphatic rings. The number of nitrogens with one attached hydrogen (secondary N) is 2. The number of amides is 1. The number of alkyl halides is 6. The van der Waals surface area contributed by atoms with Crippen LogP contribution < -0.4 is 10.0 Å². The van der Waals surface area contributed by atoms with Gasteiger partial charge in [-0.2, -0.15) is 19.0 Å². The summed E-state index contributed by atoms with van der Waals surface area (Å²) in [6.07, 6.45) is -5.14. The van der Waals surface area contributed by atoms with Crippen LogP contribution in [0.1, 0.15) is 85.4 Å². The number of pyridine rings is 1. The van der Waals surface area contributed by atoms with Crippen molar-refractivity contribution < 1.29 is 56.8 Å². The van der Waals surface area contributed by atoms with Gasteiger partial charge in [-0.05, 0) is 87.3 Å². The molecule has 23 heteroatoms. The van der Waals surface area contributed by atoms with Gasteiger partial charge in [-0.15, -0.1) is 0 Å². The number of anilines is 1. The highest BCUT2D eigenvalue weighted by Crippen LogP contribution is 2.68. The second-order valence-corrected chi connectivity index (χ2v) is 21.5. The Kier molecular flexibility index (Phi) is 11.3. The summed E-state index contributed by atoms with van der Waals surface area (Å²) in [7, 11) is -7.83. The van der Waals surface area contributed by atoms with Crippen molar-refractivity contribution in [2.75, 3.05) is 11.0 Å². The maximum atomic E-state index is 15.5. The first kappa shape index (κ1) is 45.3. The van der Waals surface area contributed by atoms with Gasteiger partial charge in [0.05, 0.1) is 39.2 Å². The molecule has 2 fully saturated rings. The number of hydrogen-bond donors (Lipinski definition) is 2. The molecule has 2 aromatic carbocycles. The molecule has 1 unspecified atom stereocenters. The number of halogens is 9. The van der Waals surface area contributed by atoms with E-state index < -0.39 is 121 Å². The van der Waals surface area contributed by atoms with E-state index in [4.69, 9.17) is 11.6 Å². The summed E-state index contributed by atoms with van der Waals surface area (Å²) < 4.78 is 170. The zero-order chi connectivity index (χ0) is 46.4. The largest absolute Gasteiger partial charge is 0.346 e. The Hall–Kier alpha value is -5.27. The molecular weight excluding hydrogens is 922 g/mol. The van der Waals surface area contributed by atoms with Gasteiger partial charge in [0.1, 0.15) is 46.6 Å². The van der Waals surface area contributed by atoms with Crippen LogP contribution in [0, 0.1) is 29.4 Å². The van der Waals surface area contributed by atoms with Crippen molar-refractivity contribution in [3.05, 3.63) is 93.0 Å². The van der Waals surface area contributed by atoms with Gasteiger partial charge in [0, 0.05) is 28.7 Å². The Balaban J connectivity index is 1.31. The summed E-state index contributed by atoms with van der Waals surface area (Å²) in [6, 6.07) is 6.25. The summed E-state index contributed by atoms with van der Waals surface area (Å²) in [5, 5.41) is 9.53. The molecule has 3 aliphatic carbocycles. The molecule has 8 rings (SSSR count). The van der Waals surface area contributed by atoms with E-state index in [1.807, 2.05) is 0 Å². The standard InChI is InChI=1S/C41H36ClF8N7O5S2/c1-40(2,64(61,62)23-5-6-23)11-10-22-4-7-24(25-8-9-28(42)33-36(25)56(17-30(45)46)54-39(33)55-63(3,59)60)34(51-22)29(14-19-12-20(43)15-21(44)13-19)52-31(58)18-57-37-32(35(53-57)38(47)48)26-16-27(26)41(37,49)50/h4,7-9,12-13,15,23,26-27,29-30,38H,5-6,14,16-18H2,1-3H3,(H,52,58)(H,54,55)/t26-,27?,29-/m0/s1. The average Bonchev–Trinajstić information content (AvgIpc) is 4.10. The van der Waals surface area contributed by atoms with E-state index in [9.17, 15) is 48.0 Å². The van der Waals surface area contributed by atoms with E-state index in [1.165, 1.54) is 38.1 Å². The second kappa shape index (κ2) is 16.0. The predicted molar refractivity (Wildman–Crippen MR) is 218 cm³/mol. The highest BCUT2D eigenvalue weighted by atomic mass is 35.5. The van der Waals surface area contributed by atoms with Crippen molar-refractivity contribution in [3.8, 4) is 23.0 Å². The van der Waals surface area contributed by atoms with Crippen LogP contribution in [0.3, 0.4) is 0 Å². The lowest BCUT2D eigenvalue weighted by atomic mass is 9.93. The molecule has 0 aliphatic heterocycles. The fourth-order valence-corrected chi connectivity index (χ4v) is 10.8. The van der Waals surface area contributed by atoms with E-state index in [0.717, 1.165) is 23.1 Å². The molecule has 340 valence electrons. The van der Waals surface area contributed by atoms with E-state index in [0.29, 0.717) is 23.6 Å². The highest BCUT2D eigenvalue weighted by molar-refractivity contribution is 7.93. The van der Waals surface area contributed by atoms with Gasteiger partial charge in [0.2, 0.25) is 15.9 Å². The zero-order valence-electron chi connectivity index (χ0n) is 33.7. The first-order valence-electron chi connectivity index (χ1n) is 19.6. The molecule has 0 saturated heterocycles. The predicted octanol–water partition coefficient (Wildman–Crippen LogP) is 7.82. The van der Waals surface area contributed by atoms with Crippen molar-refractivity contribution in [3.63, 3.8) is 0 Å².